The highest BCUT2D eigenvalue weighted by molar-refractivity contribution is 9.10. The van der Waals surface area contributed by atoms with Crippen LogP contribution in [0.5, 0.6) is 5.88 Å². The third-order valence-corrected chi connectivity index (χ3v) is 4.31. The second-order valence-corrected chi connectivity index (χ2v) is 5.59. The fraction of sp³-hybridized carbons (Fsp3) is 0.286. The van der Waals surface area contributed by atoms with Crippen molar-refractivity contribution in [3.05, 3.63) is 56.0 Å². The van der Waals surface area contributed by atoms with E-state index in [1.54, 1.807) is 0 Å². The largest absolute Gasteiger partial charge is 0.492 e. The summed E-state index contributed by atoms with van der Waals surface area (Å²) >= 11 is 3.01. The van der Waals surface area contributed by atoms with E-state index in [-0.39, 0.29) is 21.8 Å². The molecule has 0 fully saturated rings. The summed E-state index contributed by atoms with van der Waals surface area (Å²) in [6.45, 7) is 0. The molecule has 2 aromatic rings. The second kappa shape index (κ2) is 4.81. The molecule has 0 bridgehead atoms. The lowest BCUT2D eigenvalue weighted by Crippen LogP contribution is -2.19. The van der Waals surface area contributed by atoms with E-state index >= 15 is 0 Å². The monoisotopic (exact) mass is 320 g/mol. The smallest absolute Gasteiger partial charge is 0.269 e. The molecule has 1 aromatic carbocycles. The molecule has 3 rings (SSSR count). The maximum absolute atomic E-state index is 11.6. The molecule has 1 aliphatic rings. The number of benzene rings is 1. The predicted octanol–water partition coefficient (Wildman–Crippen LogP) is 2.51. The molecule has 0 spiro atoms. The van der Waals surface area contributed by atoms with Crippen molar-refractivity contribution in [2.24, 2.45) is 0 Å². The topological polar surface area (TPSA) is 66.0 Å². The average molecular weight is 321 g/mol. The van der Waals surface area contributed by atoms with Gasteiger partial charge in [-0.05, 0) is 46.3 Å². The Labute approximate surface area is 118 Å². The molecule has 1 aliphatic carbocycles. The van der Waals surface area contributed by atoms with Crippen LogP contribution in [0.2, 0.25) is 0 Å². The zero-order chi connectivity index (χ0) is 13.4. The van der Waals surface area contributed by atoms with Crippen LogP contribution < -0.4 is 5.56 Å². The zero-order valence-corrected chi connectivity index (χ0v) is 11.8. The van der Waals surface area contributed by atoms with Gasteiger partial charge >= 0.3 is 0 Å². The van der Waals surface area contributed by atoms with E-state index in [0.717, 1.165) is 19.3 Å². The summed E-state index contributed by atoms with van der Waals surface area (Å²) in [5.74, 6) is 0.486. The quantitative estimate of drug-likeness (QED) is 0.848. The molecule has 0 aliphatic heterocycles. The Morgan fingerprint density at radius 3 is 2.79 bits per heavy atom. The number of aromatic nitrogens is 2. The highest BCUT2D eigenvalue weighted by atomic mass is 79.9. The van der Waals surface area contributed by atoms with Crippen LogP contribution in [0, 0.1) is 0 Å². The molecule has 1 unspecified atom stereocenters. The molecule has 5 heteroatoms. The van der Waals surface area contributed by atoms with Crippen molar-refractivity contribution < 1.29 is 5.11 Å². The number of fused-ring (bicyclic) bond motifs is 1. The number of aromatic hydroxyl groups is 1. The minimum absolute atomic E-state index is 0.0902. The number of halogens is 1. The standard InChI is InChI=1S/C14H13BrN2O2/c15-11-13(18)16-12(17-14(11)19)10-6-5-8-3-1-2-4-9(8)7-10/h1-4,10H,5-7H2,(H2,16,17,18,19). The molecule has 0 amide bonds. The lowest BCUT2D eigenvalue weighted by atomic mass is 9.83. The lowest BCUT2D eigenvalue weighted by molar-refractivity contribution is 0.435. The van der Waals surface area contributed by atoms with E-state index < -0.39 is 0 Å². The first-order chi connectivity index (χ1) is 9.15. The summed E-state index contributed by atoms with van der Waals surface area (Å²) in [5.41, 5.74) is 2.33. The van der Waals surface area contributed by atoms with Crippen molar-refractivity contribution in [3.63, 3.8) is 0 Å². The van der Waals surface area contributed by atoms with Gasteiger partial charge in [0, 0.05) is 5.92 Å². The molecule has 0 saturated heterocycles. The summed E-state index contributed by atoms with van der Waals surface area (Å²) in [4.78, 5) is 18.5. The van der Waals surface area contributed by atoms with E-state index in [9.17, 15) is 9.90 Å². The van der Waals surface area contributed by atoms with E-state index in [0.29, 0.717) is 5.82 Å². The van der Waals surface area contributed by atoms with Gasteiger partial charge in [0.15, 0.2) is 0 Å². The molecule has 98 valence electrons. The van der Waals surface area contributed by atoms with Crippen molar-refractivity contribution in [3.8, 4) is 5.88 Å². The van der Waals surface area contributed by atoms with Crippen LogP contribution in [0.1, 0.15) is 29.3 Å². The minimum atomic E-state index is -0.332. The summed E-state index contributed by atoms with van der Waals surface area (Å²) in [6, 6.07) is 8.32. The Hall–Kier alpha value is -1.62. The van der Waals surface area contributed by atoms with Gasteiger partial charge < -0.3 is 10.1 Å². The summed E-state index contributed by atoms with van der Waals surface area (Å²) in [6.07, 6.45) is 2.75. The number of rotatable bonds is 1. The summed E-state index contributed by atoms with van der Waals surface area (Å²) in [7, 11) is 0. The molecular formula is C14H13BrN2O2. The molecule has 1 aromatic heterocycles. The number of H-pyrrole nitrogens is 1. The van der Waals surface area contributed by atoms with Gasteiger partial charge in [0.25, 0.3) is 5.56 Å². The van der Waals surface area contributed by atoms with Crippen LogP contribution in [-0.4, -0.2) is 15.1 Å². The van der Waals surface area contributed by atoms with Gasteiger partial charge in [-0.25, -0.2) is 0 Å². The number of hydrogen-bond donors (Lipinski definition) is 2. The normalized spacial score (nSPS) is 18.1. The molecule has 4 nitrogen and oxygen atoms in total. The first-order valence-corrected chi connectivity index (χ1v) is 7.00. The van der Waals surface area contributed by atoms with Gasteiger partial charge in [-0.2, -0.15) is 4.98 Å². The molecule has 1 atom stereocenters. The Balaban J connectivity index is 1.95. The molecular weight excluding hydrogens is 308 g/mol. The van der Waals surface area contributed by atoms with Gasteiger partial charge in [-0.3, -0.25) is 4.79 Å². The SMILES string of the molecule is O=c1[nH]c(C2CCc3ccccc3C2)nc(O)c1Br. The fourth-order valence-corrected chi connectivity index (χ4v) is 2.78. The van der Waals surface area contributed by atoms with Crippen molar-refractivity contribution >= 4 is 15.9 Å². The fourth-order valence-electron chi connectivity index (χ4n) is 2.59. The van der Waals surface area contributed by atoms with Gasteiger partial charge in [-0.15, -0.1) is 0 Å². The van der Waals surface area contributed by atoms with Crippen molar-refractivity contribution in [1.82, 2.24) is 9.97 Å². The second-order valence-electron chi connectivity index (χ2n) is 4.80. The summed E-state index contributed by atoms with van der Waals surface area (Å²) in [5, 5.41) is 9.63. The van der Waals surface area contributed by atoms with E-state index in [2.05, 4.69) is 38.0 Å². The first kappa shape index (κ1) is 12.4. The molecule has 0 saturated carbocycles. The molecule has 1 heterocycles. The highest BCUT2D eigenvalue weighted by Crippen LogP contribution is 2.31. The van der Waals surface area contributed by atoms with Crippen LogP contribution >= 0.6 is 15.9 Å². The van der Waals surface area contributed by atoms with Crippen molar-refractivity contribution in [2.75, 3.05) is 0 Å². The number of hydrogen-bond acceptors (Lipinski definition) is 3. The number of nitrogens with one attached hydrogen (secondary N) is 1. The lowest BCUT2D eigenvalue weighted by Gasteiger charge is -2.23. The Morgan fingerprint density at radius 1 is 1.32 bits per heavy atom. The van der Waals surface area contributed by atoms with Crippen molar-refractivity contribution in [2.45, 2.75) is 25.2 Å². The Morgan fingerprint density at radius 2 is 2.05 bits per heavy atom. The predicted molar refractivity (Wildman–Crippen MR) is 75.4 cm³/mol. The third-order valence-electron chi connectivity index (χ3n) is 3.60. The average Bonchev–Trinajstić information content (AvgIpc) is 2.43. The first-order valence-electron chi connectivity index (χ1n) is 6.20. The summed E-state index contributed by atoms with van der Waals surface area (Å²) < 4.78 is 0.0902. The molecule has 19 heavy (non-hydrogen) atoms. The van der Waals surface area contributed by atoms with Crippen LogP contribution in [0.3, 0.4) is 0 Å². The molecule has 0 radical (unpaired) electrons. The third kappa shape index (κ3) is 2.30. The Kier molecular flexibility index (Phi) is 3.14. The van der Waals surface area contributed by atoms with E-state index in [1.807, 2.05) is 12.1 Å². The minimum Gasteiger partial charge on any atom is -0.492 e. The highest BCUT2D eigenvalue weighted by Gasteiger charge is 2.22. The van der Waals surface area contributed by atoms with Gasteiger partial charge in [0.05, 0.1) is 0 Å². The van der Waals surface area contributed by atoms with Crippen molar-refractivity contribution in [1.29, 1.82) is 0 Å². The van der Waals surface area contributed by atoms with Gasteiger partial charge in [0.2, 0.25) is 5.88 Å². The van der Waals surface area contributed by atoms with Gasteiger partial charge in [-0.1, -0.05) is 24.3 Å². The van der Waals surface area contributed by atoms with Crippen LogP contribution in [0.4, 0.5) is 0 Å². The number of aromatic amines is 1. The van der Waals surface area contributed by atoms with Crippen LogP contribution in [0.25, 0.3) is 0 Å². The molecule has 2 N–H and O–H groups in total. The number of aryl methyl sites for hydroxylation is 1. The van der Waals surface area contributed by atoms with Crippen LogP contribution in [-0.2, 0) is 12.8 Å². The van der Waals surface area contributed by atoms with Crippen LogP contribution in [0.15, 0.2) is 33.5 Å². The van der Waals surface area contributed by atoms with E-state index in [4.69, 9.17) is 0 Å². The van der Waals surface area contributed by atoms with E-state index in [1.165, 1.54) is 11.1 Å². The zero-order valence-electron chi connectivity index (χ0n) is 10.2. The number of nitrogens with zero attached hydrogens (tertiary/aromatic N) is 1. The Bertz CT molecular complexity index is 681. The maximum atomic E-state index is 11.6. The van der Waals surface area contributed by atoms with Gasteiger partial charge in [0.1, 0.15) is 10.3 Å². The maximum Gasteiger partial charge on any atom is 0.269 e.